The van der Waals surface area contributed by atoms with Crippen molar-refractivity contribution in [2.24, 2.45) is 0 Å². The minimum absolute atomic E-state index is 0.424. The maximum absolute atomic E-state index is 5.76. The molecule has 1 rings (SSSR count). The minimum Gasteiger partial charge on any atom is -0.492 e. The van der Waals surface area contributed by atoms with E-state index < -0.39 is 0 Å². The minimum atomic E-state index is 0.424. The molecule has 102 valence electrons. The van der Waals surface area contributed by atoms with Crippen molar-refractivity contribution in [2.45, 2.75) is 26.3 Å². The maximum atomic E-state index is 5.76. The van der Waals surface area contributed by atoms with Crippen LogP contribution in [0.2, 0.25) is 0 Å². The molecule has 0 radical (unpaired) electrons. The monoisotopic (exact) mass is 250 g/mol. The molecular weight excluding hydrogens is 224 g/mol. The van der Waals surface area contributed by atoms with Gasteiger partial charge in [0, 0.05) is 12.6 Å². The third-order valence-corrected chi connectivity index (χ3v) is 2.93. The summed E-state index contributed by atoms with van der Waals surface area (Å²) in [5.74, 6) is 0.964. The van der Waals surface area contributed by atoms with E-state index in [2.05, 4.69) is 56.4 Å². The third kappa shape index (κ3) is 5.07. The number of hydrogen-bond donors (Lipinski definition) is 1. The Labute approximate surface area is 111 Å². The van der Waals surface area contributed by atoms with Crippen LogP contribution < -0.4 is 10.1 Å². The molecule has 3 heteroatoms. The molecule has 0 bridgehead atoms. The molecule has 1 atom stereocenters. The summed E-state index contributed by atoms with van der Waals surface area (Å²) in [4.78, 5) is 2.12. The Morgan fingerprint density at radius 1 is 1.28 bits per heavy atom. The predicted molar refractivity (Wildman–Crippen MR) is 77.2 cm³/mol. The number of hydrogen-bond acceptors (Lipinski definition) is 3. The maximum Gasteiger partial charge on any atom is 0.119 e. The van der Waals surface area contributed by atoms with Crippen LogP contribution in [0.3, 0.4) is 0 Å². The van der Waals surface area contributed by atoms with E-state index in [9.17, 15) is 0 Å². The van der Waals surface area contributed by atoms with Gasteiger partial charge in [-0.3, -0.25) is 0 Å². The van der Waals surface area contributed by atoms with Gasteiger partial charge in [0.2, 0.25) is 0 Å². The molecule has 3 nitrogen and oxygen atoms in total. The Morgan fingerprint density at radius 2 is 2.06 bits per heavy atom. The second-order valence-electron chi connectivity index (χ2n) is 4.74. The average Bonchev–Trinajstić information content (AvgIpc) is 2.36. The molecule has 0 heterocycles. The molecule has 1 aromatic rings. The molecule has 1 unspecified atom stereocenters. The van der Waals surface area contributed by atoms with E-state index in [1.807, 2.05) is 6.07 Å². The van der Waals surface area contributed by atoms with E-state index in [0.717, 1.165) is 31.9 Å². The summed E-state index contributed by atoms with van der Waals surface area (Å²) in [5, 5.41) is 3.49. The van der Waals surface area contributed by atoms with Gasteiger partial charge >= 0.3 is 0 Å². The molecule has 0 spiro atoms. The smallest absolute Gasteiger partial charge is 0.119 e. The van der Waals surface area contributed by atoms with Crippen molar-refractivity contribution in [3.63, 3.8) is 0 Å². The first-order valence-corrected chi connectivity index (χ1v) is 6.78. The average molecular weight is 250 g/mol. The van der Waals surface area contributed by atoms with Gasteiger partial charge in [0.05, 0.1) is 0 Å². The lowest BCUT2D eigenvalue weighted by atomic mass is 10.0. The highest BCUT2D eigenvalue weighted by atomic mass is 16.5. The summed E-state index contributed by atoms with van der Waals surface area (Å²) in [6, 6.07) is 8.83. The van der Waals surface area contributed by atoms with Crippen LogP contribution in [-0.2, 0) is 0 Å². The Bertz CT molecular complexity index is 339. The standard InChI is InChI=1S/C15H26N2O/c1-5-15(16-6-2)13-8-7-9-14(12-13)18-11-10-17(3)4/h7-9,12,15-16H,5-6,10-11H2,1-4H3. The van der Waals surface area contributed by atoms with Crippen LogP contribution in [0.15, 0.2) is 24.3 Å². The van der Waals surface area contributed by atoms with E-state index >= 15 is 0 Å². The number of ether oxygens (including phenoxy) is 1. The molecule has 1 N–H and O–H groups in total. The zero-order valence-corrected chi connectivity index (χ0v) is 12.1. The summed E-state index contributed by atoms with van der Waals surface area (Å²) in [6.07, 6.45) is 1.09. The van der Waals surface area contributed by atoms with Crippen molar-refractivity contribution in [3.05, 3.63) is 29.8 Å². The Morgan fingerprint density at radius 3 is 2.67 bits per heavy atom. The highest BCUT2D eigenvalue weighted by Gasteiger charge is 2.08. The Kier molecular flexibility index (Phi) is 6.76. The molecule has 0 aliphatic heterocycles. The normalized spacial score (nSPS) is 12.7. The molecule has 0 aromatic heterocycles. The molecular formula is C15H26N2O. The lowest BCUT2D eigenvalue weighted by molar-refractivity contribution is 0.261. The van der Waals surface area contributed by atoms with Crippen LogP contribution in [-0.4, -0.2) is 38.7 Å². The van der Waals surface area contributed by atoms with Gasteiger partial charge in [0.1, 0.15) is 12.4 Å². The van der Waals surface area contributed by atoms with E-state index in [1.54, 1.807) is 0 Å². The van der Waals surface area contributed by atoms with Gasteiger partial charge in [-0.1, -0.05) is 26.0 Å². The summed E-state index contributed by atoms with van der Waals surface area (Å²) >= 11 is 0. The molecule has 0 aliphatic rings. The molecule has 18 heavy (non-hydrogen) atoms. The van der Waals surface area contributed by atoms with Crippen LogP contribution in [0.5, 0.6) is 5.75 Å². The highest BCUT2D eigenvalue weighted by molar-refractivity contribution is 5.30. The first kappa shape index (κ1) is 15.0. The first-order valence-electron chi connectivity index (χ1n) is 6.78. The van der Waals surface area contributed by atoms with Crippen molar-refractivity contribution < 1.29 is 4.74 Å². The van der Waals surface area contributed by atoms with Crippen LogP contribution in [0.1, 0.15) is 31.9 Å². The van der Waals surface area contributed by atoms with Gasteiger partial charge < -0.3 is 15.0 Å². The van der Waals surface area contributed by atoms with Gasteiger partial charge in [0.25, 0.3) is 0 Å². The summed E-state index contributed by atoms with van der Waals surface area (Å²) < 4.78 is 5.76. The number of nitrogens with one attached hydrogen (secondary N) is 1. The molecule has 0 amide bonds. The van der Waals surface area contributed by atoms with Gasteiger partial charge in [-0.2, -0.15) is 0 Å². The summed E-state index contributed by atoms with van der Waals surface area (Å²) in [5.41, 5.74) is 1.31. The number of benzene rings is 1. The fourth-order valence-electron chi connectivity index (χ4n) is 1.91. The fourth-order valence-corrected chi connectivity index (χ4v) is 1.91. The van der Waals surface area contributed by atoms with Gasteiger partial charge in [0.15, 0.2) is 0 Å². The molecule has 1 aromatic carbocycles. The number of likely N-dealkylation sites (N-methyl/N-ethyl adjacent to an activating group) is 1. The predicted octanol–water partition coefficient (Wildman–Crippen LogP) is 2.69. The van der Waals surface area contributed by atoms with Crippen molar-refractivity contribution in [1.82, 2.24) is 10.2 Å². The van der Waals surface area contributed by atoms with Gasteiger partial charge in [-0.25, -0.2) is 0 Å². The Hall–Kier alpha value is -1.06. The lowest BCUT2D eigenvalue weighted by Gasteiger charge is -2.17. The summed E-state index contributed by atoms with van der Waals surface area (Å²) in [6.45, 7) is 7.00. The largest absolute Gasteiger partial charge is 0.492 e. The number of rotatable bonds is 8. The second kappa shape index (κ2) is 8.11. The molecule has 0 saturated carbocycles. The van der Waals surface area contributed by atoms with Crippen molar-refractivity contribution in [1.29, 1.82) is 0 Å². The van der Waals surface area contributed by atoms with E-state index in [4.69, 9.17) is 4.74 Å². The fraction of sp³-hybridized carbons (Fsp3) is 0.600. The van der Waals surface area contributed by atoms with Crippen LogP contribution in [0.25, 0.3) is 0 Å². The van der Waals surface area contributed by atoms with E-state index in [0.29, 0.717) is 6.04 Å². The molecule has 0 fully saturated rings. The topological polar surface area (TPSA) is 24.5 Å². The van der Waals surface area contributed by atoms with Crippen LogP contribution in [0.4, 0.5) is 0 Å². The molecule has 0 saturated heterocycles. The Balaban J connectivity index is 2.60. The highest BCUT2D eigenvalue weighted by Crippen LogP contribution is 2.21. The zero-order valence-electron chi connectivity index (χ0n) is 12.1. The third-order valence-electron chi connectivity index (χ3n) is 2.93. The summed E-state index contributed by atoms with van der Waals surface area (Å²) in [7, 11) is 4.11. The quantitative estimate of drug-likeness (QED) is 0.767. The van der Waals surface area contributed by atoms with E-state index in [-0.39, 0.29) is 0 Å². The zero-order chi connectivity index (χ0) is 13.4. The first-order chi connectivity index (χ1) is 8.67. The van der Waals surface area contributed by atoms with Crippen molar-refractivity contribution in [3.8, 4) is 5.75 Å². The van der Waals surface area contributed by atoms with Crippen molar-refractivity contribution >= 4 is 0 Å². The van der Waals surface area contributed by atoms with Gasteiger partial charge in [-0.05, 0) is 44.8 Å². The molecule has 0 aliphatic carbocycles. The van der Waals surface area contributed by atoms with Crippen LogP contribution in [0, 0.1) is 0 Å². The number of nitrogens with zero attached hydrogens (tertiary/aromatic N) is 1. The second-order valence-corrected chi connectivity index (χ2v) is 4.74. The SMILES string of the molecule is CCNC(CC)c1cccc(OCCN(C)C)c1. The van der Waals surface area contributed by atoms with Crippen molar-refractivity contribution in [2.75, 3.05) is 33.8 Å². The van der Waals surface area contributed by atoms with E-state index in [1.165, 1.54) is 5.56 Å². The lowest BCUT2D eigenvalue weighted by Crippen LogP contribution is -2.21. The van der Waals surface area contributed by atoms with Crippen LogP contribution >= 0.6 is 0 Å². The van der Waals surface area contributed by atoms with Gasteiger partial charge in [-0.15, -0.1) is 0 Å².